The Morgan fingerprint density at radius 3 is 2.45 bits per heavy atom. The van der Waals surface area contributed by atoms with Gasteiger partial charge in [-0.25, -0.2) is 13.8 Å². The third kappa shape index (κ3) is 2.05. The zero-order valence-corrected chi connectivity index (χ0v) is 11.6. The summed E-state index contributed by atoms with van der Waals surface area (Å²) in [7, 11) is 0. The second-order valence-corrected chi connectivity index (χ2v) is 4.90. The number of hydrogen-bond acceptors (Lipinski definition) is 1. The van der Waals surface area contributed by atoms with E-state index in [0.29, 0.717) is 21.9 Å². The fourth-order valence-corrected chi connectivity index (χ4v) is 2.49. The van der Waals surface area contributed by atoms with Crippen molar-refractivity contribution in [1.29, 1.82) is 0 Å². The zero-order chi connectivity index (χ0) is 14.3. The Balaban J connectivity index is 2.40. The van der Waals surface area contributed by atoms with E-state index in [4.69, 9.17) is 23.2 Å². The smallest absolute Gasteiger partial charge is 0.150 e. The van der Waals surface area contributed by atoms with Crippen molar-refractivity contribution in [2.45, 2.75) is 5.88 Å². The Kier molecular flexibility index (Phi) is 3.36. The molecule has 1 heterocycles. The topological polar surface area (TPSA) is 17.8 Å². The van der Waals surface area contributed by atoms with E-state index in [1.807, 2.05) is 0 Å². The molecule has 102 valence electrons. The Morgan fingerprint density at radius 1 is 1.10 bits per heavy atom. The van der Waals surface area contributed by atoms with Gasteiger partial charge in [-0.05, 0) is 30.3 Å². The first-order valence-corrected chi connectivity index (χ1v) is 6.70. The summed E-state index contributed by atoms with van der Waals surface area (Å²) in [5.41, 5.74) is 0.901. The highest BCUT2D eigenvalue weighted by atomic mass is 35.5. The molecule has 0 bridgehead atoms. The van der Waals surface area contributed by atoms with E-state index in [1.165, 1.54) is 22.8 Å². The first-order valence-electron chi connectivity index (χ1n) is 5.79. The Bertz CT molecular complexity index is 779. The fourth-order valence-electron chi connectivity index (χ4n) is 2.15. The summed E-state index contributed by atoms with van der Waals surface area (Å²) in [5, 5.41) is 0.497. The van der Waals surface area contributed by atoms with E-state index in [0.717, 1.165) is 0 Å². The highest BCUT2D eigenvalue weighted by molar-refractivity contribution is 6.31. The molecule has 1 aromatic heterocycles. The lowest BCUT2D eigenvalue weighted by Crippen LogP contribution is -2.04. The van der Waals surface area contributed by atoms with Crippen LogP contribution in [0.1, 0.15) is 5.82 Å². The number of fused-ring (bicyclic) bond motifs is 1. The monoisotopic (exact) mass is 312 g/mol. The number of para-hydroxylation sites is 1. The molecule has 0 amide bonds. The van der Waals surface area contributed by atoms with Gasteiger partial charge in [0.2, 0.25) is 0 Å². The van der Waals surface area contributed by atoms with Crippen LogP contribution >= 0.6 is 23.2 Å². The van der Waals surface area contributed by atoms with Gasteiger partial charge in [-0.2, -0.15) is 0 Å². The minimum Gasteiger partial charge on any atom is -0.290 e. The van der Waals surface area contributed by atoms with Gasteiger partial charge in [0, 0.05) is 5.02 Å². The molecule has 0 radical (unpaired) electrons. The number of halogens is 4. The lowest BCUT2D eigenvalue weighted by Gasteiger charge is -2.10. The number of nitrogens with zero attached hydrogens (tertiary/aromatic N) is 2. The molecule has 0 aliphatic heterocycles. The second-order valence-electron chi connectivity index (χ2n) is 4.20. The maximum absolute atomic E-state index is 14.0. The van der Waals surface area contributed by atoms with Gasteiger partial charge in [-0.15, -0.1) is 11.6 Å². The van der Waals surface area contributed by atoms with Gasteiger partial charge >= 0.3 is 0 Å². The van der Waals surface area contributed by atoms with Gasteiger partial charge in [0.1, 0.15) is 23.1 Å². The molecule has 20 heavy (non-hydrogen) atoms. The van der Waals surface area contributed by atoms with Crippen LogP contribution in [0.3, 0.4) is 0 Å². The number of aromatic nitrogens is 2. The molecular formula is C14H8Cl2F2N2. The molecule has 2 nitrogen and oxygen atoms in total. The lowest BCUT2D eigenvalue weighted by atomic mass is 10.2. The molecule has 0 spiro atoms. The Morgan fingerprint density at radius 2 is 1.80 bits per heavy atom. The van der Waals surface area contributed by atoms with Crippen LogP contribution in [0.25, 0.3) is 16.7 Å². The number of benzene rings is 2. The largest absolute Gasteiger partial charge is 0.290 e. The predicted molar refractivity (Wildman–Crippen MR) is 75.6 cm³/mol. The summed E-state index contributed by atoms with van der Waals surface area (Å²) < 4.78 is 29.3. The van der Waals surface area contributed by atoms with Crippen LogP contribution in [-0.2, 0) is 5.88 Å². The molecule has 0 unspecified atom stereocenters. The van der Waals surface area contributed by atoms with Gasteiger partial charge in [-0.1, -0.05) is 17.7 Å². The lowest BCUT2D eigenvalue weighted by molar-refractivity contribution is 0.569. The van der Waals surface area contributed by atoms with Crippen molar-refractivity contribution in [3.63, 3.8) is 0 Å². The SMILES string of the molecule is Fc1cccc(F)c1-n1c(CCl)nc2cc(Cl)ccc21. The van der Waals surface area contributed by atoms with Crippen LogP contribution in [0, 0.1) is 11.6 Å². The highest BCUT2D eigenvalue weighted by Gasteiger charge is 2.18. The van der Waals surface area contributed by atoms with Crippen LogP contribution in [-0.4, -0.2) is 9.55 Å². The van der Waals surface area contributed by atoms with Crippen LogP contribution in [0.2, 0.25) is 5.02 Å². The number of rotatable bonds is 2. The predicted octanol–water partition coefficient (Wildman–Crippen LogP) is 4.70. The van der Waals surface area contributed by atoms with Crippen molar-refractivity contribution in [1.82, 2.24) is 9.55 Å². The quantitative estimate of drug-likeness (QED) is 0.627. The van der Waals surface area contributed by atoms with Crippen molar-refractivity contribution >= 4 is 34.2 Å². The van der Waals surface area contributed by atoms with E-state index in [-0.39, 0.29) is 11.6 Å². The molecule has 0 saturated carbocycles. The molecule has 0 atom stereocenters. The van der Waals surface area contributed by atoms with E-state index in [9.17, 15) is 8.78 Å². The van der Waals surface area contributed by atoms with Gasteiger partial charge in [0.05, 0.1) is 16.9 Å². The Hall–Kier alpha value is -1.65. The number of alkyl halides is 1. The average Bonchev–Trinajstić information content (AvgIpc) is 2.76. The van der Waals surface area contributed by atoms with Crippen LogP contribution in [0.4, 0.5) is 8.78 Å². The number of imidazole rings is 1. The van der Waals surface area contributed by atoms with Crippen molar-refractivity contribution < 1.29 is 8.78 Å². The molecule has 0 fully saturated rings. The van der Waals surface area contributed by atoms with Crippen LogP contribution < -0.4 is 0 Å². The minimum atomic E-state index is -0.675. The second kappa shape index (κ2) is 5.04. The molecule has 3 rings (SSSR count). The highest BCUT2D eigenvalue weighted by Crippen LogP contribution is 2.28. The average molecular weight is 313 g/mol. The maximum atomic E-state index is 14.0. The molecular weight excluding hydrogens is 305 g/mol. The maximum Gasteiger partial charge on any atom is 0.150 e. The van der Waals surface area contributed by atoms with E-state index < -0.39 is 11.6 Å². The van der Waals surface area contributed by atoms with E-state index in [2.05, 4.69) is 4.98 Å². The first-order chi connectivity index (χ1) is 9.61. The van der Waals surface area contributed by atoms with Gasteiger partial charge in [0.15, 0.2) is 0 Å². The van der Waals surface area contributed by atoms with Crippen LogP contribution in [0.5, 0.6) is 0 Å². The van der Waals surface area contributed by atoms with E-state index >= 15 is 0 Å². The normalized spacial score (nSPS) is 11.2. The van der Waals surface area contributed by atoms with E-state index in [1.54, 1.807) is 18.2 Å². The standard InChI is InChI=1S/C14H8Cl2F2N2/c15-7-13-19-11-6-8(16)4-5-12(11)20(13)14-9(17)2-1-3-10(14)18/h1-6H,7H2. The van der Waals surface area contributed by atoms with Gasteiger partial charge < -0.3 is 0 Å². The molecule has 2 aromatic carbocycles. The van der Waals surface area contributed by atoms with Crippen molar-refractivity contribution in [2.75, 3.05) is 0 Å². The third-order valence-electron chi connectivity index (χ3n) is 2.97. The molecule has 0 aliphatic carbocycles. The minimum absolute atomic E-state index is 0.0279. The van der Waals surface area contributed by atoms with Gasteiger partial charge in [0.25, 0.3) is 0 Å². The van der Waals surface area contributed by atoms with Crippen molar-refractivity contribution in [2.24, 2.45) is 0 Å². The summed E-state index contributed by atoms with van der Waals surface area (Å²) in [6.45, 7) is 0. The summed E-state index contributed by atoms with van der Waals surface area (Å²) in [5.74, 6) is -0.968. The summed E-state index contributed by atoms with van der Waals surface area (Å²) in [4.78, 5) is 4.26. The third-order valence-corrected chi connectivity index (χ3v) is 3.44. The summed E-state index contributed by atoms with van der Waals surface area (Å²) in [6, 6.07) is 8.62. The number of hydrogen-bond donors (Lipinski definition) is 0. The van der Waals surface area contributed by atoms with Crippen LogP contribution in [0.15, 0.2) is 36.4 Å². The first kappa shape index (κ1) is 13.3. The van der Waals surface area contributed by atoms with Crippen molar-refractivity contribution in [3.8, 4) is 5.69 Å². The Labute approximate surface area is 123 Å². The fraction of sp³-hybridized carbons (Fsp3) is 0.0714. The molecule has 0 saturated heterocycles. The summed E-state index contributed by atoms with van der Waals surface area (Å²) >= 11 is 11.7. The van der Waals surface area contributed by atoms with Crippen molar-refractivity contribution in [3.05, 3.63) is 58.9 Å². The zero-order valence-electron chi connectivity index (χ0n) is 10.1. The molecule has 3 aromatic rings. The molecule has 6 heteroatoms. The molecule has 0 aliphatic rings. The summed E-state index contributed by atoms with van der Waals surface area (Å²) in [6.07, 6.45) is 0. The van der Waals surface area contributed by atoms with Gasteiger partial charge in [-0.3, -0.25) is 4.57 Å². The molecule has 0 N–H and O–H groups in total.